The summed E-state index contributed by atoms with van der Waals surface area (Å²) in [5.41, 5.74) is 2.93. The largest absolute Gasteiger partial charge is 0.465 e. The first-order valence-corrected chi connectivity index (χ1v) is 8.67. The lowest BCUT2D eigenvalue weighted by Crippen LogP contribution is -2.40. The van der Waals surface area contributed by atoms with Gasteiger partial charge in [-0.2, -0.15) is 0 Å². The van der Waals surface area contributed by atoms with Crippen LogP contribution in [0.4, 0.5) is 0 Å². The van der Waals surface area contributed by atoms with Crippen LogP contribution in [0.3, 0.4) is 0 Å². The van der Waals surface area contributed by atoms with Gasteiger partial charge in [-0.15, -0.1) is 0 Å². The highest BCUT2D eigenvalue weighted by Crippen LogP contribution is 2.48. The lowest BCUT2D eigenvalue weighted by molar-refractivity contribution is -0.158. The van der Waals surface area contributed by atoms with Crippen molar-refractivity contribution in [3.05, 3.63) is 0 Å². The molecule has 8 heteroatoms. The molecular weight excluding hydrogens is 328 g/mol. The van der Waals surface area contributed by atoms with Crippen LogP contribution in [-0.4, -0.2) is 37.6 Å². The first-order chi connectivity index (χ1) is 11.7. The molecule has 0 heterocycles. The van der Waals surface area contributed by atoms with Crippen molar-refractivity contribution in [3.8, 4) is 0 Å². The number of carbonyl (C=O) groups excluding carboxylic acids is 3. The van der Waals surface area contributed by atoms with Crippen molar-refractivity contribution >= 4 is 17.8 Å². The Labute approximate surface area is 147 Å². The Kier molecular flexibility index (Phi) is 5.73. The van der Waals surface area contributed by atoms with E-state index in [4.69, 9.17) is 14.4 Å². The minimum atomic E-state index is -0.675. The molecule has 0 aromatic carbocycles. The van der Waals surface area contributed by atoms with Crippen molar-refractivity contribution in [1.29, 1.82) is 0 Å². The first kappa shape index (κ1) is 19.7. The summed E-state index contributed by atoms with van der Waals surface area (Å²) in [6.07, 6.45) is 2.73. The molecule has 0 unspecified atom stereocenters. The third-order valence-corrected chi connectivity index (χ3v) is 4.61. The van der Waals surface area contributed by atoms with Crippen molar-refractivity contribution in [2.45, 2.75) is 53.4 Å². The molecule has 2 saturated carbocycles. The smallest absolute Gasteiger partial charge is 0.314 e. The van der Waals surface area contributed by atoms with Crippen LogP contribution in [0.1, 0.15) is 53.4 Å². The fourth-order valence-corrected chi connectivity index (χ4v) is 2.17. The average Bonchev–Trinajstić information content (AvgIpc) is 3.42. The van der Waals surface area contributed by atoms with E-state index in [2.05, 4.69) is 11.0 Å². The number of rotatable bonds is 9. The Morgan fingerprint density at radius 3 is 1.92 bits per heavy atom. The van der Waals surface area contributed by atoms with Crippen LogP contribution in [0.25, 0.3) is 0 Å². The Morgan fingerprint density at radius 1 is 0.920 bits per heavy atom. The molecule has 2 N–H and O–H groups in total. The molecule has 0 radical (unpaired) electrons. The van der Waals surface area contributed by atoms with Gasteiger partial charge in [-0.25, -0.2) is 11.0 Å². The number of amides is 2. The fraction of sp³-hybridized carbons (Fsp3) is 0.824. The molecule has 0 saturated heterocycles. The van der Waals surface area contributed by atoms with Crippen molar-refractivity contribution < 1.29 is 28.8 Å². The average molecular weight is 356 g/mol. The van der Waals surface area contributed by atoms with Gasteiger partial charge in [0.05, 0.1) is 30.7 Å². The van der Waals surface area contributed by atoms with Gasteiger partial charge in [-0.3, -0.25) is 24.1 Å². The first-order valence-electron chi connectivity index (χ1n) is 8.67. The Hall–Kier alpha value is -1.67. The molecule has 0 bridgehead atoms. The maximum absolute atomic E-state index is 12.3. The van der Waals surface area contributed by atoms with E-state index >= 15 is 0 Å². The van der Waals surface area contributed by atoms with Crippen LogP contribution < -0.4 is 11.0 Å². The molecule has 8 nitrogen and oxygen atoms in total. The molecular formula is C17H28N2O6. The topological polar surface area (TPSA) is 103 Å². The minimum Gasteiger partial charge on any atom is -0.465 e. The summed E-state index contributed by atoms with van der Waals surface area (Å²) in [4.78, 5) is 46.3. The molecule has 2 amide bonds. The molecule has 0 aromatic rings. The normalized spacial score (nSPS) is 19.7. The number of nitrogens with one attached hydrogen (secondary N) is 2. The van der Waals surface area contributed by atoms with Gasteiger partial charge in [0, 0.05) is 5.41 Å². The van der Waals surface area contributed by atoms with Gasteiger partial charge in [0.15, 0.2) is 0 Å². The van der Waals surface area contributed by atoms with E-state index in [0.29, 0.717) is 32.3 Å². The molecule has 2 fully saturated rings. The summed E-state index contributed by atoms with van der Waals surface area (Å²) in [5.74, 6) is -0.819. The van der Waals surface area contributed by atoms with Crippen LogP contribution in [0.15, 0.2) is 0 Å². The Morgan fingerprint density at radius 2 is 1.44 bits per heavy atom. The van der Waals surface area contributed by atoms with E-state index in [9.17, 15) is 14.4 Å². The lowest BCUT2D eigenvalue weighted by Gasteiger charge is -2.20. The van der Waals surface area contributed by atoms with Crippen LogP contribution in [0.2, 0.25) is 0 Å². The summed E-state index contributed by atoms with van der Waals surface area (Å²) in [6.45, 7) is 7.60. The standard InChI is InChI=1S/C17H28N2O6/c1-5-23-14(22)17(8-9-17)11-25-19-13(21)16(6-7-16)10-24-18-12(20)15(2,3)4/h5-11H2,1-4H3,(H,18,20)(H,19,21). The number of ether oxygens (including phenoxy) is 1. The second kappa shape index (κ2) is 7.29. The summed E-state index contributed by atoms with van der Waals surface area (Å²) in [7, 11) is 0. The van der Waals surface area contributed by atoms with E-state index in [-0.39, 0.29) is 31.0 Å². The van der Waals surface area contributed by atoms with Gasteiger partial charge in [-0.1, -0.05) is 20.8 Å². The highest BCUT2D eigenvalue weighted by atomic mass is 16.7. The zero-order valence-electron chi connectivity index (χ0n) is 15.4. The maximum Gasteiger partial charge on any atom is 0.314 e. The quantitative estimate of drug-likeness (QED) is 0.476. The van der Waals surface area contributed by atoms with Crippen LogP contribution in [0, 0.1) is 16.2 Å². The molecule has 0 atom stereocenters. The number of carbonyl (C=O) groups is 3. The predicted octanol–water partition coefficient (Wildman–Crippen LogP) is 1.25. The van der Waals surface area contributed by atoms with Gasteiger partial charge in [-0.05, 0) is 32.6 Å². The van der Waals surface area contributed by atoms with Crippen molar-refractivity contribution in [2.75, 3.05) is 19.8 Å². The number of hydrogen-bond donors (Lipinski definition) is 2. The molecule has 2 rings (SSSR count). The van der Waals surface area contributed by atoms with Gasteiger partial charge in [0.25, 0.3) is 5.91 Å². The van der Waals surface area contributed by atoms with Gasteiger partial charge >= 0.3 is 5.97 Å². The Balaban J connectivity index is 1.70. The Bertz CT molecular complexity index is 532. The van der Waals surface area contributed by atoms with E-state index in [1.54, 1.807) is 27.7 Å². The highest BCUT2D eigenvalue weighted by Gasteiger charge is 2.53. The fourth-order valence-electron chi connectivity index (χ4n) is 2.17. The van der Waals surface area contributed by atoms with E-state index in [0.717, 1.165) is 0 Å². The number of hydroxylamine groups is 2. The predicted molar refractivity (Wildman–Crippen MR) is 87.6 cm³/mol. The van der Waals surface area contributed by atoms with Gasteiger partial charge < -0.3 is 4.74 Å². The van der Waals surface area contributed by atoms with Crippen molar-refractivity contribution in [3.63, 3.8) is 0 Å². The molecule has 142 valence electrons. The SMILES string of the molecule is CCOC(=O)C1(CONC(=O)C2(CONC(=O)C(C)(C)C)CC2)CC1. The third kappa shape index (κ3) is 4.92. The number of esters is 1. The summed E-state index contributed by atoms with van der Waals surface area (Å²) >= 11 is 0. The molecule has 0 spiro atoms. The second-order valence-corrected chi connectivity index (χ2v) is 7.97. The number of hydrogen-bond acceptors (Lipinski definition) is 6. The van der Waals surface area contributed by atoms with E-state index < -0.39 is 16.2 Å². The third-order valence-electron chi connectivity index (χ3n) is 4.61. The molecule has 2 aliphatic carbocycles. The van der Waals surface area contributed by atoms with E-state index in [1.165, 1.54) is 0 Å². The van der Waals surface area contributed by atoms with Crippen LogP contribution in [0.5, 0.6) is 0 Å². The zero-order valence-corrected chi connectivity index (χ0v) is 15.4. The minimum absolute atomic E-state index is 0.0903. The maximum atomic E-state index is 12.3. The van der Waals surface area contributed by atoms with Crippen LogP contribution >= 0.6 is 0 Å². The molecule has 0 aromatic heterocycles. The van der Waals surface area contributed by atoms with Gasteiger partial charge in [0.2, 0.25) is 5.91 Å². The second-order valence-electron chi connectivity index (χ2n) is 7.97. The lowest BCUT2D eigenvalue weighted by atomic mass is 9.96. The van der Waals surface area contributed by atoms with Crippen molar-refractivity contribution in [2.24, 2.45) is 16.2 Å². The molecule has 2 aliphatic rings. The van der Waals surface area contributed by atoms with Crippen LogP contribution in [-0.2, 0) is 28.8 Å². The molecule has 25 heavy (non-hydrogen) atoms. The monoisotopic (exact) mass is 356 g/mol. The summed E-state index contributed by atoms with van der Waals surface area (Å²) in [6, 6.07) is 0. The molecule has 0 aliphatic heterocycles. The summed E-state index contributed by atoms with van der Waals surface area (Å²) < 4.78 is 5.02. The zero-order chi connectivity index (χ0) is 18.7. The summed E-state index contributed by atoms with van der Waals surface area (Å²) in [5, 5.41) is 0. The van der Waals surface area contributed by atoms with E-state index in [1.807, 2.05) is 0 Å². The van der Waals surface area contributed by atoms with Gasteiger partial charge in [0.1, 0.15) is 0 Å². The highest BCUT2D eigenvalue weighted by molar-refractivity contribution is 5.85. The van der Waals surface area contributed by atoms with Crippen molar-refractivity contribution in [1.82, 2.24) is 11.0 Å².